The standard InChI is InChI=1S/C18H18FN3OS/c1-4-9-24-18-21-16-15(11(2)10-12(3)20-16)17(23)22(18)14-7-5-13(19)6-8-14/h5-8,10H,4,9H2,1-3H3. The molecule has 1 aromatic carbocycles. The van der Waals surface area contributed by atoms with Gasteiger partial charge < -0.3 is 0 Å². The lowest BCUT2D eigenvalue weighted by atomic mass is 10.2. The molecule has 0 saturated carbocycles. The molecule has 3 aromatic rings. The maximum atomic E-state index is 13.2. The van der Waals surface area contributed by atoms with Gasteiger partial charge in [0, 0.05) is 11.4 Å². The van der Waals surface area contributed by atoms with E-state index in [0.29, 0.717) is 21.9 Å². The van der Waals surface area contributed by atoms with Crippen LogP contribution in [-0.4, -0.2) is 20.3 Å². The zero-order chi connectivity index (χ0) is 17.3. The Hall–Kier alpha value is -2.21. The van der Waals surface area contributed by atoms with Crippen molar-refractivity contribution in [1.29, 1.82) is 0 Å². The van der Waals surface area contributed by atoms with Crippen LogP contribution in [0.5, 0.6) is 0 Å². The van der Waals surface area contributed by atoms with E-state index in [0.717, 1.165) is 23.4 Å². The highest BCUT2D eigenvalue weighted by molar-refractivity contribution is 7.99. The number of rotatable bonds is 4. The first kappa shape index (κ1) is 16.6. The Labute approximate surface area is 143 Å². The Morgan fingerprint density at radius 1 is 1.17 bits per heavy atom. The van der Waals surface area contributed by atoms with Gasteiger partial charge in [-0.25, -0.2) is 14.4 Å². The van der Waals surface area contributed by atoms with Gasteiger partial charge in [-0.2, -0.15) is 0 Å². The smallest absolute Gasteiger partial charge is 0.268 e. The Kier molecular flexibility index (Phi) is 4.66. The zero-order valence-electron chi connectivity index (χ0n) is 13.8. The number of hydrogen-bond acceptors (Lipinski definition) is 4. The molecule has 24 heavy (non-hydrogen) atoms. The number of thioether (sulfide) groups is 1. The number of nitrogens with zero attached hydrogens (tertiary/aromatic N) is 3. The molecular formula is C18H18FN3OS. The van der Waals surface area contributed by atoms with Gasteiger partial charge in [0.25, 0.3) is 5.56 Å². The molecule has 0 aliphatic carbocycles. The molecule has 0 aliphatic rings. The predicted octanol–water partition coefficient (Wildman–Crippen LogP) is 4.04. The van der Waals surface area contributed by atoms with Crippen molar-refractivity contribution in [2.45, 2.75) is 32.3 Å². The Morgan fingerprint density at radius 2 is 1.88 bits per heavy atom. The van der Waals surface area contributed by atoms with Gasteiger partial charge in [-0.3, -0.25) is 9.36 Å². The van der Waals surface area contributed by atoms with E-state index in [1.165, 1.54) is 23.9 Å². The molecule has 0 aliphatic heterocycles. The van der Waals surface area contributed by atoms with Crippen molar-refractivity contribution in [2.24, 2.45) is 0 Å². The van der Waals surface area contributed by atoms with Gasteiger partial charge in [0.2, 0.25) is 0 Å². The minimum Gasteiger partial charge on any atom is -0.268 e. The average Bonchev–Trinajstić information content (AvgIpc) is 2.53. The fourth-order valence-electron chi connectivity index (χ4n) is 2.61. The second kappa shape index (κ2) is 6.73. The summed E-state index contributed by atoms with van der Waals surface area (Å²) in [6.07, 6.45) is 0.961. The van der Waals surface area contributed by atoms with Crippen LogP contribution in [0, 0.1) is 19.7 Å². The number of aromatic nitrogens is 3. The van der Waals surface area contributed by atoms with E-state index in [4.69, 9.17) is 0 Å². The molecule has 0 radical (unpaired) electrons. The monoisotopic (exact) mass is 343 g/mol. The molecule has 0 bridgehead atoms. The van der Waals surface area contributed by atoms with Gasteiger partial charge in [-0.05, 0) is 56.2 Å². The molecule has 2 heterocycles. The lowest BCUT2D eigenvalue weighted by Gasteiger charge is -2.14. The second-order valence-corrected chi connectivity index (χ2v) is 6.70. The molecule has 0 N–H and O–H groups in total. The lowest BCUT2D eigenvalue weighted by molar-refractivity contribution is 0.627. The van der Waals surface area contributed by atoms with Crippen LogP contribution in [0.2, 0.25) is 0 Å². The largest absolute Gasteiger partial charge is 0.268 e. The second-order valence-electron chi connectivity index (χ2n) is 5.64. The number of pyridine rings is 1. The highest BCUT2D eigenvalue weighted by Crippen LogP contribution is 2.23. The third-order valence-corrected chi connectivity index (χ3v) is 4.80. The van der Waals surface area contributed by atoms with Crippen LogP contribution in [0.4, 0.5) is 4.39 Å². The van der Waals surface area contributed by atoms with E-state index in [9.17, 15) is 9.18 Å². The SMILES string of the molecule is CCCSc1nc2nc(C)cc(C)c2c(=O)n1-c1ccc(F)cc1. The van der Waals surface area contributed by atoms with Crippen LogP contribution < -0.4 is 5.56 Å². The fraction of sp³-hybridized carbons (Fsp3) is 0.278. The number of benzene rings is 1. The van der Waals surface area contributed by atoms with Crippen molar-refractivity contribution >= 4 is 22.8 Å². The van der Waals surface area contributed by atoms with E-state index in [1.54, 1.807) is 16.7 Å². The summed E-state index contributed by atoms with van der Waals surface area (Å²) in [4.78, 5) is 22.1. The maximum absolute atomic E-state index is 13.2. The fourth-order valence-corrected chi connectivity index (χ4v) is 3.46. The lowest BCUT2D eigenvalue weighted by Crippen LogP contribution is -2.23. The molecule has 0 saturated heterocycles. The van der Waals surface area contributed by atoms with Crippen LogP contribution >= 0.6 is 11.8 Å². The molecule has 0 atom stereocenters. The van der Waals surface area contributed by atoms with E-state index >= 15 is 0 Å². The van der Waals surface area contributed by atoms with Gasteiger partial charge in [0.05, 0.1) is 11.1 Å². The Balaban J connectivity index is 2.34. The quantitative estimate of drug-likeness (QED) is 0.530. The van der Waals surface area contributed by atoms with Crippen LogP contribution in [-0.2, 0) is 0 Å². The topological polar surface area (TPSA) is 47.8 Å². The third-order valence-electron chi connectivity index (χ3n) is 3.66. The summed E-state index contributed by atoms with van der Waals surface area (Å²) in [7, 11) is 0. The summed E-state index contributed by atoms with van der Waals surface area (Å²) in [5.74, 6) is 0.501. The van der Waals surface area contributed by atoms with Crippen LogP contribution in [0.25, 0.3) is 16.7 Å². The molecule has 0 unspecified atom stereocenters. The number of halogens is 1. The summed E-state index contributed by atoms with van der Waals surface area (Å²) in [5.41, 5.74) is 2.58. The van der Waals surface area contributed by atoms with Crippen molar-refractivity contribution in [3.8, 4) is 5.69 Å². The molecule has 0 amide bonds. The maximum Gasteiger partial charge on any atom is 0.268 e. The first-order valence-electron chi connectivity index (χ1n) is 7.81. The van der Waals surface area contributed by atoms with Gasteiger partial charge >= 0.3 is 0 Å². The minimum absolute atomic E-state index is 0.171. The molecule has 6 heteroatoms. The molecular weight excluding hydrogens is 325 g/mol. The molecule has 2 aromatic heterocycles. The number of fused-ring (bicyclic) bond motifs is 1. The van der Waals surface area contributed by atoms with Crippen molar-refractivity contribution in [3.63, 3.8) is 0 Å². The number of hydrogen-bond donors (Lipinski definition) is 0. The molecule has 124 valence electrons. The third kappa shape index (κ3) is 3.06. The molecule has 4 nitrogen and oxygen atoms in total. The molecule has 3 rings (SSSR count). The van der Waals surface area contributed by atoms with E-state index in [1.807, 2.05) is 19.9 Å². The van der Waals surface area contributed by atoms with Crippen molar-refractivity contribution < 1.29 is 4.39 Å². The van der Waals surface area contributed by atoms with Crippen molar-refractivity contribution in [2.75, 3.05) is 5.75 Å². The highest BCUT2D eigenvalue weighted by Gasteiger charge is 2.16. The van der Waals surface area contributed by atoms with Gasteiger partial charge in [0.1, 0.15) is 5.82 Å². The van der Waals surface area contributed by atoms with Gasteiger partial charge in [-0.1, -0.05) is 18.7 Å². The van der Waals surface area contributed by atoms with Gasteiger partial charge in [-0.15, -0.1) is 0 Å². The predicted molar refractivity (Wildman–Crippen MR) is 95.6 cm³/mol. The van der Waals surface area contributed by atoms with Crippen molar-refractivity contribution in [1.82, 2.24) is 14.5 Å². The highest BCUT2D eigenvalue weighted by atomic mass is 32.2. The van der Waals surface area contributed by atoms with Crippen LogP contribution in [0.15, 0.2) is 40.3 Å². The summed E-state index contributed by atoms with van der Waals surface area (Å²) in [6.45, 7) is 5.84. The van der Waals surface area contributed by atoms with E-state index in [2.05, 4.69) is 16.9 Å². The van der Waals surface area contributed by atoms with Gasteiger partial charge in [0.15, 0.2) is 10.8 Å². The zero-order valence-corrected chi connectivity index (χ0v) is 14.7. The Bertz CT molecular complexity index is 951. The van der Waals surface area contributed by atoms with Crippen LogP contribution in [0.1, 0.15) is 24.6 Å². The normalized spacial score (nSPS) is 11.2. The van der Waals surface area contributed by atoms with E-state index < -0.39 is 0 Å². The molecule has 0 fully saturated rings. The first-order valence-corrected chi connectivity index (χ1v) is 8.79. The summed E-state index contributed by atoms with van der Waals surface area (Å²) < 4.78 is 14.8. The molecule has 0 spiro atoms. The van der Waals surface area contributed by atoms with E-state index in [-0.39, 0.29) is 11.4 Å². The summed E-state index contributed by atoms with van der Waals surface area (Å²) in [5, 5.41) is 1.09. The average molecular weight is 343 g/mol. The Morgan fingerprint density at radius 3 is 2.54 bits per heavy atom. The summed E-state index contributed by atoms with van der Waals surface area (Å²) >= 11 is 1.50. The minimum atomic E-state index is -0.336. The summed E-state index contributed by atoms with van der Waals surface area (Å²) in [6, 6.07) is 7.76. The first-order chi connectivity index (χ1) is 11.5. The number of aryl methyl sites for hydroxylation is 2. The van der Waals surface area contributed by atoms with Crippen LogP contribution in [0.3, 0.4) is 0 Å². The van der Waals surface area contributed by atoms with Crippen molar-refractivity contribution in [3.05, 3.63) is 57.8 Å².